The molecule has 3 aromatic rings. The van der Waals surface area contributed by atoms with E-state index >= 15 is 0 Å². The predicted octanol–water partition coefficient (Wildman–Crippen LogP) is 13.9. The number of benzene rings is 3. The molecule has 0 spiro atoms. The van der Waals surface area contributed by atoms with Gasteiger partial charge in [-0.05, 0) is 249 Å². The summed E-state index contributed by atoms with van der Waals surface area (Å²) in [5, 5.41) is 82.6. The molecule has 3 saturated carbocycles. The molecule has 624 valence electrons. The number of hydrogen-bond donors (Lipinski definition) is 11. The van der Waals surface area contributed by atoms with Crippen molar-refractivity contribution in [3.05, 3.63) is 105 Å². The molecule has 0 radical (unpaired) electrons. The number of methoxy groups -OCH3 is 3. The first kappa shape index (κ1) is 96.4. The van der Waals surface area contributed by atoms with Gasteiger partial charge in [-0.2, -0.15) is 0 Å². The van der Waals surface area contributed by atoms with Crippen molar-refractivity contribution >= 4 is 59.3 Å². The number of likely N-dealkylation sites (tertiary alicyclic amines) is 2. The van der Waals surface area contributed by atoms with E-state index < -0.39 is 33.6 Å². The molecule has 3 heterocycles. The smallest absolute Gasteiger partial charge is 0.317 e. The van der Waals surface area contributed by atoms with Crippen LogP contribution < -0.4 is 27.0 Å². The van der Waals surface area contributed by atoms with E-state index in [9.17, 15) is 40.2 Å². The quantitative estimate of drug-likeness (QED) is 0.0244. The summed E-state index contributed by atoms with van der Waals surface area (Å²) in [5.74, 6) is 0.0777. The Morgan fingerprint density at radius 2 is 0.890 bits per heavy atom. The second-order valence-electron chi connectivity index (χ2n) is 33.1. The molecule has 6 aliphatic rings. The van der Waals surface area contributed by atoms with Crippen molar-refractivity contribution in [3.63, 3.8) is 0 Å². The summed E-state index contributed by atoms with van der Waals surface area (Å²) < 4.78 is 15.5. The van der Waals surface area contributed by atoms with Crippen molar-refractivity contribution in [2.24, 2.45) is 23.5 Å². The first-order chi connectivity index (χ1) is 51.7. The maximum atomic E-state index is 13.3. The zero-order valence-electron chi connectivity index (χ0n) is 67.8. The Morgan fingerprint density at radius 1 is 0.532 bits per heavy atom. The Bertz CT molecular complexity index is 3000. The van der Waals surface area contributed by atoms with Gasteiger partial charge in [0, 0.05) is 144 Å². The maximum absolute atomic E-state index is 13.3. The third kappa shape index (κ3) is 31.7. The normalized spacial score (nSPS) is 22.4. The van der Waals surface area contributed by atoms with Crippen molar-refractivity contribution < 1.29 is 54.4 Å². The molecule has 9 rings (SSSR count). The molecule has 6 fully saturated rings. The minimum atomic E-state index is -1.06. The van der Waals surface area contributed by atoms with Gasteiger partial charge in [0.05, 0.1) is 33.6 Å². The highest BCUT2D eigenvalue weighted by Gasteiger charge is 2.45. The highest BCUT2D eigenvalue weighted by atomic mass is 35.5. The Kier molecular flexibility index (Phi) is 43.9. The summed E-state index contributed by atoms with van der Waals surface area (Å²) in [4.78, 5) is 34.3. The highest BCUT2D eigenvalue weighted by molar-refractivity contribution is 6.31. The van der Waals surface area contributed by atoms with Crippen molar-refractivity contribution in [3.8, 4) is 0 Å². The lowest BCUT2D eigenvalue weighted by Gasteiger charge is -2.43. The fourth-order valence-electron chi connectivity index (χ4n) is 17.7. The number of nitrogens with two attached hydrogens (primary N) is 1. The number of unbranched alkanes of at least 4 members (excludes halogenated alkanes) is 3. The van der Waals surface area contributed by atoms with Crippen molar-refractivity contribution in [1.29, 1.82) is 0 Å². The van der Waals surface area contributed by atoms with Crippen LogP contribution in [-0.2, 0) is 31.0 Å². The molecule has 24 heteroatoms. The predicted molar refractivity (Wildman–Crippen MR) is 446 cm³/mol. The lowest BCUT2D eigenvalue weighted by molar-refractivity contribution is -0.0567. The van der Waals surface area contributed by atoms with Gasteiger partial charge in [0.15, 0.2) is 0 Å². The highest BCUT2D eigenvalue weighted by Crippen LogP contribution is 2.44. The average Bonchev–Trinajstić information content (AvgIpc) is 0.788. The molecule has 3 aromatic carbocycles. The van der Waals surface area contributed by atoms with Gasteiger partial charge in [0.25, 0.3) is 0 Å². The van der Waals surface area contributed by atoms with Crippen LogP contribution in [0.3, 0.4) is 0 Å². The number of nitrogens with zero attached hydrogens (tertiary/aromatic N) is 4. The molecular formula is C85H145Cl4N9O11. The molecule has 109 heavy (non-hydrogen) atoms. The van der Waals surface area contributed by atoms with Crippen LogP contribution in [0.5, 0.6) is 0 Å². The van der Waals surface area contributed by atoms with Gasteiger partial charge in [0.1, 0.15) is 0 Å². The molecule has 3 aliphatic carbocycles. The number of nitrogens with one attached hydrogen (secondary N) is 4. The number of ether oxygens (including phenoxy) is 3. The molecule has 4 amide bonds. The lowest BCUT2D eigenvalue weighted by Crippen LogP contribution is -2.53. The van der Waals surface area contributed by atoms with E-state index in [1.54, 1.807) is 21.3 Å². The zero-order chi connectivity index (χ0) is 78.6. The number of halogens is 4. The van der Waals surface area contributed by atoms with E-state index in [-0.39, 0.29) is 54.3 Å². The largest absolute Gasteiger partial charge is 0.390 e. The number of carbonyl (C=O) groups is 2. The number of likely N-dealkylation sites (N-methyl/N-ethyl adjacent to an activating group) is 3. The molecule has 0 aromatic heterocycles. The summed E-state index contributed by atoms with van der Waals surface area (Å²) >= 11 is 18.7. The van der Waals surface area contributed by atoms with Gasteiger partial charge in [-0.25, -0.2) is 9.59 Å². The SMILES string of the molecule is CN(C)C(CN)CC1(O)CCCCC1.CNC(CNC(=O)N1CCC[C@@H]([C@@](O)(CCCCOC)c2cccc(Cl)c2)C1)CC1(O)CCCCC1.COCCCC[C@@](O)(c1cccc(Cl)c1)[C@@H]1CCCN(C(=O)NCC(CC2(O)CCCCC2)N(C)C)C1.COCCCC[C@@](O)(c1cccc(Cl)c1)[C@@H]1CCCNC1.Cl. The van der Waals surface area contributed by atoms with Crippen LogP contribution in [0, 0.1) is 17.8 Å². The molecule has 3 saturated heterocycles. The topological polar surface area (TPSA) is 270 Å². The van der Waals surface area contributed by atoms with Crippen LogP contribution in [0.2, 0.25) is 15.1 Å². The Labute approximate surface area is 677 Å². The molecule has 0 bridgehead atoms. The van der Waals surface area contributed by atoms with Crippen LogP contribution in [0.15, 0.2) is 72.8 Å². The number of rotatable bonds is 35. The van der Waals surface area contributed by atoms with Crippen LogP contribution >= 0.6 is 47.2 Å². The van der Waals surface area contributed by atoms with E-state index in [1.165, 1.54) is 32.1 Å². The first-order valence-electron chi connectivity index (χ1n) is 41.3. The van der Waals surface area contributed by atoms with Gasteiger partial charge >= 0.3 is 12.1 Å². The fourth-order valence-corrected chi connectivity index (χ4v) is 18.3. The third-order valence-electron chi connectivity index (χ3n) is 24.5. The Morgan fingerprint density at radius 3 is 1.23 bits per heavy atom. The van der Waals surface area contributed by atoms with E-state index in [0.717, 1.165) is 190 Å². The summed E-state index contributed by atoms with van der Waals surface area (Å²) in [6, 6.07) is 22.9. The molecule has 12 N–H and O–H groups in total. The van der Waals surface area contributed by atoms with Crippen LogP contribution in [0.4, 0.5) is 9.59 Å². The zero-order valence-corrected chi connectivity index (χ0v) is 70.9. The van der Waals surface area contributed by atoms with E-state index in [0.29, 0.717) is 106 Å². The standard InChI is InChI=1S/C29H48ClN3O4.C28H46ClN3O4.C17H26ClNO2.C11H24N2O.ClH/c1-32(2)26(20-28(35)14-5-4-6-15-28)21-31-27(34)33-17-10-12-24(22-33)29(36,16-7-8-18-37-3)23-11-9-13-25(30)19-23;1-30-25(19-27(34)13-4-3-5-14-27)20-31-26(33)32-16-9-11-23(21-32)28(35,15-6-7-17-36-2)22-10-8-12-24(29)18-22;1-21-11-3-2-9-17(20,15-7-5-10-19-13-15)14-6-4-8-16(18)12-14;1-13(2)10(9-12)8-11(14)6-4-3-5-7-11;/h9,11,13,19,24,26,35-36H,4-8,10,12,14-18,20-22H2,1-3H3,(H,31,34);8,10,12,18,23,25,30,34-35H,3-7,9,11,13-17,19-21H2,1-2H3,(H,31,33);4,6,8,12,15,19-20H,2-3,5,7,9-11,13H2,1H3;10,14H,3-9,12H2,1-2H3;1H/t24-,26?,29-;23-,25?,28-;15-,17-;;/m111../s1. The third-order valence-corrected chi connectivity index (χ3v) is 25.2. The average molecular weight is 1610 g/mol. The van der Waals surface area contributed by atoms with E-state index in [1.807, 2.05) is 118 Å². The number of hydrogen-bond acceptors (Lipinski definition) is 16. The van der Waals surface area contributed by atoms with Crippen LogP contribution in [-0.4, -0.2) is 233 Å². The van der Waals surface area contributed by atoms with Crippen LogP contribution in [0.25, 0.3) is 0 Å². The minimum absolute atomic E-state index is 0. The minimum Gasteiger partial charge on any atom is -0.390 e. The second kappa shape index (κ2) is 49.7. The molecule has 9 atom stereocenters. The molecule has 3 aliphatic heterocycles. The molecule has 3 unspecified atom stereocenters. The Balaban J connectivity index is 0.000000275. The number of carbonyl (C=O) groups excluding carboxylic acids is 2. The summed E-state index contributed by atoms with van der Waals surface area (Å²) in [6.45, 7) is 7.91. The van der Waals surface area contributed by atoms with Crippen LogP contribution in [0.1, 0.15) is 229 Å². The van der Waals surface area contributed by atoms with Gasteiger partial charge in [-0.15, -0.1) is 12.4 Å². The van der Waals surface area contributed by atoms with Gasteiger partial charge < -0.3 is 91.5 Å². The Hall–Kier alpha value is -3.20. The maximum Gasteiger partial charge on any atom is 0.317 e. The summed E-state index contributed by atoms with van der Waals surface area (Å²) in [5.41, 5.74) is 3.65. The fraction of sp³-hybridized carbons (Fsp3) is 0.765. The van der Waals surface area contributed by atoms with Gasteiger partial charge in [-0.1, -0.05) is 129 Å². The number of amides is 4. The summed E-state index contributed by atoms with van der Waals surface area (Å²) in [6.07, 6.45) is 30.5. The monoisotopic (exact) mass is 1610 g/mol. The van der Waals surface area contributed by atoms with Crippen molar-refractivity contribution in [1.82, 2.24) is 40.9 Å². The van der Waals surface area contributed by atoms with E-state index in [4.69, 9.17) is 54.7 Å². The summed E-state index contributed by atoms with van der Waals surface area (Å²) in [7, 11) is 15.1. The number of urea groups is 2. The molecule has 20 nitrogen and oxygen atoms in total. The van der Waals surface area contributed by atoms with Crippen molar-refractivity contribution in [2.45, 2.75) is 264 Å². The number of aliphatic hydroxyl groups is 6. The second-order valence-corrected chi connectivity index (χ2v) is 34.4. The molecular weight excluding hydrogens is 1460 g/mol. The lowest BCUT2D eigenvalue weighted by atomic mass is 9.74. The van der Waals surface area contributed by atoms with Gasteiger partial charge in [-0.3, -0.25) is 0 Å². The van der Waals surface area contributed by atoms with E-state index in [2.05, 4.69) is 31.1 Å². The first-order valence-corrected chi connectivity index (χ1v) is 42.4. The van der Waals surface area contributed by atoms with Crippen molar-refractivity contribution in [2.75, 3.05) is 135 Å². The van der Waals surface area contributed by atoms with Gasteiger partial charge in [0.2, 0.25) is 0 Å². The number of piperidine rings is 3.